The van der Waals surface area contributed by atoms with Gasteiger partial charge in [-0.15, -0.1) is 0 Å². The molecule has 0 saturated carbocycles. The molecule has 0 aromatic heterocycles. The maximum atomic E-state index is 14.3. The van der Waals surface area contributed by atoms with E-state index in [4.69, 9.17) is 42.0 Å². The zero-order chi connectivity index (χ0) is 33.1. The molecule has 15 nitrogen and oxygen atoms in total. The van der Waals surface area contributed by atoms with E-state index in [1.165, 1.54) is 24.3 Å². The quantitative estimate of drug-likeness (QED) is 0.174. The van der Waals surface area contributed by atoms with Gasteiger partial charge in [-0.3, -0.25) is 24.0 Å². The Hall–Kier alpha value is -4.46. The van der Waals surface area contributed by atoms with Crippen LogP contribution in [-0.2, 0) is 61.5 Å². The minimum Gasteiger partial charge on any atom is -0.462 e. The van der Waals surface area contributed by atoms with Gasteiger partial charge < -0.3 is 37.5 Å². The van der Waals surface area contributed by atoms with Crippen LogP contribution in [0.25, 0.3) is 0 Å². The summed E-state index contributed by atoms with van der Waals surface area (Å²) in [4.78, 5) is 60.5. The monoisotopic (exact) mass is 652 g/mol. The Morgan fingerprint density at radius 2 is 1.13 bits per heavy atom. The van der Waals surface area contributed by atoms with Gasteiger partial charge in [-0.2, -0.15) is 0 Å². The molecule has 2 aromatic rings. The SMILES string of the molecule is CC(=O)OC[C@@H](OC(C)=O)C1OC(OP(=O)(Oc2ccccc2)Oc2ccccc2)C(OC(C)=O)C(OC(C)=O)C1OC(C)=O. The average Bonchev–Trinajstić information content (AvgIpc) is 2.94. The molecule has 45 heavy (non-hydrogen) atoms. The van der Waals surface area contributed by atoms with Gasteiger partial charge >= 0.3 is 37.7 Å². The smallest absolute Gasteiger partial charge is 0.462 e. The molecule has 0 bridgehead atoms. The van der Waals surface area contributed by atoms with Crippen molar-refractivity contribution in [3.8, 4) is 11.5 Å². The van der Waals surface area contributed by atoms with Crippen molar-refractivity contribution >= 4 is 37.7 Å². The molecule has 1 heterocycles. The first-order valence-corrected chi connectivity index (χ1v) is 15.0. The van der Waals surface area contributed by atoms with Crippen molar-refractivity contribution in [3.63, 3.8) is 0 Å². The van der Waals surface area contributed by atoms with E-state index in [9.17, 15) is 28.5 Å². The highest BCUT2D eigenvalue weighted by molar-refractivity contribution is 7.49. The van der Waals surface area contributed by atoms with Crippen molar-refractivity contribution in [2.24, 2.45) is 0 Å². The van der Waals surface area contributed by atoms with Crippen LogP contribution in [0.1, 0.15) is 34.6 Å². The lowest BCUT2D eigenvalue weighted by atomic mass is 9.94. The van der Waals surface area contributed by atoms with E-state index < -0.39 is 81.1 Å². The van der Waals surface area contributed by atoms with Crippen molar-refractivity contribution in [3.05, 3.63) is 60.7 Å². The van der Waals surface area contributed by atoms with E-state index in [0.29, 0.717) is 0 Å². The van der Waals surface area contributed by atoms with Crippen LogP contribution in [-0.4, -0.2) is 73.3 Å². The summed E-state index contributed by atoms with van der Waals surface area (Å²) in [5, 5.41) is 0. The minimum absolute atomic E-state index is 0.0510. The molecule has 5 unspecified atom stereocenters. The number of para-hydroxylation sites is 2. The molecule has 0 spiro atoms. The number of benzene rings is 2. The van der Waals surface area contributed by atoms with Crippen LogP contribution >= 0.6 is 7.82 Å². The Kier molecular flexibility index (Phi) is 12.5. The molecule has 0 amide bonds. The van der Waals surface area contributed by atoms with Gasteiger partial charge in [0.15, 0.2) is 24.4 Å². The summed E-state index contributed by atoms with van der Waals surface area (Å²) in [5.74, 6) is -4.25. The van der Waals surface area contributed by atoms with Crippen LogP contribution in [0.3, 0.4) is 0 Å². The van der Waals surface area contributed by atoms with E-state index in [1.54, 1.807) is 36.4 Å². The zero-order valence-electron chi connectivity index (χ0n) is 25.0. The minimum atomic E-state index is -4.79. The molecule has 0 N–H and O–H groups in total. The Balaban J connectivity index is 2.15. The van der Waals surface area contributed by atoms with Crippen LogP contribution in [0.2, 0.25) is 0 Å². The van der Waals surface area contributed by atoms with Gasteiger partial charge in [0.1, 0.15) is 24.2 Å². The lowest BCUT2D eigenvalue weighted by Gasteiger charge is -2.45. The first-order valence-electron chi connectivity index (χ1n) is 13.5. The number of esters is 5. The molecule has 6 atom stereocenters. The van der Waals surface area contributed by atoms with Crippen molar-refractivity contribution in [1.29, 1.82) is 0 Å². The molecule has 3 rings (SSSR count). The second-order valence-electron chi connectivity index (χ2n) is 9.50. The van der Waals surface area contributed by atoms with Crippen molar-refractivity contribution < 1.29 is 70.5 Å². The number of rotatable bonds is 13. The van der Waals surface area contributed by atoms with Crippen LogP contribution < -0.4 is 9.05 Å². The molecule has 16 heteroatoms. The maximum absolute atomic E-state index is 14.3. The molecule has 244 valence electrons. The van der Waals surface area contributed by atoms with Gasteiger partial charge in [0.25, 0.3) is 0 Å². The summed E-state index contributed by atoms with van der Waals surface area (Å²) in [5.41, 5.74) is 0. The molecule has 1 aliphatic heterocycles. The fourth-order valence-electron chi connectivity index (χ4n) is 4.21. The fraction of sp³-hybridized carbons (Fsp3) is 0.414. The standard InChI is InChI=1S/C29H33O15P/c1-17(30)36-16-24(37-18(2)31)25-26(38-19(3)32)27(39-20(4)33)28(40-21(5)34)29(41-25)44-45(35,42-22-12-8-6-9-13-22)43-23-14-10-7-11-15-23/h6-15,24-29H,16H2,1-5H3/t24-,25?,26?,27?,28?,29?/m1/s1. The predicted octanol–water partition coefficient (Wildman–Crippen LogP) is 3.28. The normalized spacial score (nSPS) is 21.8. The molecule has 2 aromatic carbocycles. The summed E-state index contributed by atoms with van der Waals surface area (Å²) >= 11 is 0. The van der Waals surface area contributed by atoms with Crippen molar-refractivity contribution in [2.45, 2.75) is 71.4 Å². The molecule has 0 radical (unpaired) electrons. The highest BCUT2D eigenvalue weighted by Crippen LogP contribution is 2.52. The van der Waals surface area contributed by atoms with E-state index in [2.05, 4.69) is 0 Å². The Morgan fingerprint density at radius 1 is 0.667 bits per heavy atom. The Bertz CT molecular complexity index is 1340. The first-order chi connectivity index (χ1) is 21.3. The number of carbonyl (C=O) groups is 5. The Labute approximate surface area is 258 Å². The lowest BCUT2D eigenvalue weighted by molar-refractivity contribution is -0.301. The highest BCUT2D eigenvalue weighted by Gasteiger charge is 2.57. The molecule has 0 aliphatic carbocycles. The van der Waals surface area contributed by atoms with E-state index in [1.807, 2.05) is 0 Å². The average molecular weight is 653 g/mol. The second kappa shape index (κ2) is 16.0. The summed E-state index contributed by atoms with van der Waals surface area (Å²) in [6.45, 7) is 4.62. The van der Waals surface area contributed by atoms with Gasteiger partial charge in [-0.1, -0.05) is 36.4 Å². The fourth-order valence-corrected chi connectivity index (χ4v) is 5.51. The first kappa shape index (κ1) is 35.0. The number of phosphoric ester groups is 1. The number of ether oxygens (including phenoxy) is 6. The third kappa shape index (κ3) is 10.9. The van der Waals surface area contributed by atoms with Crippen LogP contribution in [0, 0.1) is 0 Å². The predicted molar refractivity (Wildman–Crippen MR) is 150 cm³/mol. The Morgan fingerprint density at radius 3 is 1.58 bits per heavy atom. The third-order valence-electron chi connectivity index (χ3n) is 5.73. The number of phosphoric acid groups is 1. The van der Waals surface area contributed by atoms with Gasteiger partial charge in [0.05, 0.1) is 0 Å². The largest absolute Gasteiger partial charge is 0.590 e. The second-order valence-corrected chi connectivity index (χ2v) is 11.0. The lowest BCUT2D eigenvalue weighted by Crippen LogP contribution is -2.65. The van der Waals surface area contributed by atoms with E-state index >= 15 is 0 Å². The van der Waals surface area contributed by atoms with Gasteiger partial charge in [0.2, 0.25) is 6.29 Å². The molecular weight excluding hydrogens is 619 g/mol. The summed E-state index contributed by atoms with van der Waals surface area (Å²) in [6, 6.07) is 15.6. The third-order valence-corrected chi connectivity index (χ3v) is 7.06. The maximum Gasteiger partial charge on any atom is 0.590 e. The number of hydrogen-bond acceptors (Lipinski definition) is 15. The molecule has 1 fully saturated rings. The van der Waals surface area contributed by atoms with Crippen LogP contribution in [0.15, 0.2) is 60.7 Å². The van der Waals surface area contributed by atoms with Crippen molar-refractivity contribution in [2.75, 3.05) is 6.61 Å². The number of hydrogen-bond donors (Lipinski definition) is 0. The van der Waals surface area contributed by atoms with Crippen molar-refractivity contribution in [1.82, 2.24) is 0 Å². The summed E-state index contributed by atoms with van der Waals surface area (Å²) < 4.78 is 64.0. The van der Waals surface area contributed by atoms with Gasteiger partial charge in [0, 0.05) is 34.6 Å². The van der Waals surface area contributed by atoms with Crippen LogP contribution in [0.5, 0.6) is 11.5 Å². The molecule has 1 saturated heterocycles. The number of carbonyl (C=O) groups excluding carboxylic acids is 5. The molecule has 1 aliphatic rings. The molecular formula is C29H33O15P. The van der Waals surface area contributed by atoms with Crippen LogP contribution in [0.4, 0.5) is 0 Å². The van der Waals surface area contributed by atoms with E-state index in [-0.39, 0.29) is 11.5 Å². The zero-order valence-corrected chi connectivity index (χ0v) is 25.9. The van der Waals surface area contributed by atoms with Gasteiger partial charge in [-0.05, 0) is 24.3 Å². The van der Waals surface area contributed by atoms with E-state index in [0.717, 1.165) is 34.6 Å². The highest BCUT2D eigenvalue weighted by atomic mass is 31.2. The van der Waals surface area contributed by atoms with Gasteiger partial charge in [-0.25, -0.2) is 9.09 Å². The summed E-state index contributed by atoms with van der Waals surface area (Å²) in [7, 11) is -4.79. The topological polar surface area (TPSA) is 185 Å². The summed E-state index contributed by atoms with van der Waals surface area (Å²) in [6.07, 6.45) is -10.2.